The van der Waals surface area contributed by atoms with Crippen LogP contribution in [0.2, 0.25) is 0 Å². The number of rotatable bonds is 6. The van der Waals surface area contributed by atoms with Gasteiger partial charge in [-0.2, -0.15) is 31.4 Å². The predicted molar refractivity (Wildman–Crippen MR) is 135 cm³/mol. The summed E-state index contributed by atoms with van der Waals surface area (Å²) in [5, 5.41) is 10.6. The molecule has 3 heterocycles. The molecule has 0 saturated heterocycles. The van der Waals surface area contributed by atoms with Gasteiger partial charge in [0.15, 0.2) is 5.82 Å². The number of hydrogen-bond acceptors (Lipinski definition) is 6. The normalized spacial score (nSPS) is 11.9. The van der Waals surface area contributed by atoms with Gasteiger partial charge in [0.25, 0.3) is 0 Å². The molecule has 10 nitrogen and oxygen atoms in total. The fourth-order valence-corrected chi connectivity index (χ4v) is 4.30. The van der Waals surface area contributed by atoms with Crippen molar-refractivity contribution in [3.8, 4) is 11.1 Å². The number of aromatic nitrogens is 4. The van der Waals surface area contributed by atoms with Crippen LogP contribution in [0.1, 0.15) is 11.1 Å². The number of carbonyl (C=O) groups is 2. The van der Waals surface area contributed by atoms with Crippen molar-refractivity contribution < 1.29 is 35.9 Å². The number of benzene rings is 1. The van der Waals surface area contributed by atoms with Crippen LogP contribution in [0.25, 0.3) is 16.6 Å². The van der Waals surface area contributed by atoms with Crippen molar-refractivity contribution in [3.63, 3.8) is 0 Å². The molecule has 0 unspecified atom stereocenters. The number of hydrogen-bond donors (Lipinski definition) is 4. The van der Waals surface area contributed by atoms with Crippen LogP contribution < -0.4 is 21.7 Å². The number of amides is 3. The van der Waals surface area contributed by atoms with E-state index in [0.29, 0.717) is 17.2 Å². The van der Waals surface area contributed by atoms with Gasteiger partial charge in [-0.3, -0.25) is 10.1 Å². The molecule has 0 radical (unpaired) electrons. The van der Waals surface area contributed by atoms with E-state index in [1.54, 1.807) is 0 Å². The van der Waals surface area contributed by atoms with E-state index in [9.17, 15) is 35.9 Å². The molecule has 0 bridgehead atoms. The number of alkyl halides is 6. The average molecular weight is 631 g/mol. The summed E-state index contributed by atoms with van der Waals surface area (Å²) in [6.45, 7) is -1.51. The van der Waals surface area contributed by atoms with Gasteiger partial charge in [0.1, 0.15) is 28.8 Å². The molecule has 4 aromatic rings. The lowest BCUT2D eigenvalue weighted by Crippen LogP contribution is -2.34. The molecule has 40 heavy (non-hydrogen) atoms. The Bertz CT molecular complexity index is 1570. The fourth-order valence-electron chi connectivity index (χ4n) is 3.69. The number of nitrogens with two attached hydrogens (primary N) is 1. The van der Waals surface area contributed by atoms with Gasteiger partial charge in [0.05, 0.1) is 12.0 Å². The Morgan fingerprint density at radius 3 is 2.35 bits per heavy atom. The highest BCUT2D eigenvalue weighted by molar-refractivity contribution is 9.10. The minimum absolute atomic E-state index is 0.0304. The number of nitrogens with zero attached hydrogens (tertiary/aromatic N) is 4. The second kappa shape index (κ2) is 11.0. The summed E-state index contributed by atoms with van der Waals surface area (Å²) in [6.07, 6.45) is -7.60. The Labute approximate surface area is 229 Å². The Hall–Kier alpha value is -4.41. The van der Waals surface area contributed by atoms with Gasteiger partial charge in [-0.15, -0.1) is 0 Å². The molecule has 5 N–H and O–H groups in total. The van der Waals surface area contributed by atoms with Crippen molar-refractivity contribution in [2.24, 2.45) is 0 Å². The molecule has 0 atom stereocenters. The summed E-state index contributed by atoms with van der Waals surface area (Å²) in [4.78, 5) is 32.3. The van der Waals surface area contributed by atoms with Crippen molar-refractivity contribution in [2.45, 2.75) is 18.8 Å². The molecule has 210 valence electrons. The number of carbonyl (C=O) groups excluding carboxylic acids is 2. The second-order valence-electron chi connectivity index (χ2n) is 8.20. The first-order chi connectivity index (χ1) is 18.7. The Balaban J connectivity index is 1.58. The minimum Gasteiger partial charge on any atom is -0.382 e. The molecule has 0 aliphatic carbocycles. The third-order valence-corrected chi connectivity index (χ3v) is 6.19. The number of nitrogen functional groups attached to an aromatic ring is 1. The molecule has 4 rings (SSSR count). The van der Waals surface area contributed by atoms with Crippen LogP contribution in [0, 0.1) is 0 Å². The summed E-state index contributed by atoms with van der Waals surface area (Å²) in [7, 11) is 0. The van der Waals surface area contributed by atoms with E-state index >= 15 is 0 Å². The van der Waals surface area contributed by atoms with Crippen LogP contribution >= 0.6 is 15.9 Å². The van der Waals surface area contributed by atoms with Crippen molar-refractivity contribution in [2.75, 3.05) is 22.9 Å². The monoisotopic (exact) mass is 630 g/mol. The molecular formula is C23H17BrF6N8O2. The number of nitrogens with one attached hydrogen (secondary N) is 3. The zero-order chi connectivity index (χ0) is 29.2. The van der Waals surface area contributed by atoms with E-state index in [2.05, 4.69) is 41.6 Å². The maximum Gasteiger partial charge on any atom is 0.416 e. The van der Waals surface area contributed by atoms with Gasteiger partial charge < -0.3 is 16.4 Å². The predicted octanol–water partition coefficient (Wildman–Crippen LogP) is 5.02. The van der Waals surface area contributed by atoms with Gasteiger partial charge in [-0.1, -0.05) is 12.1 Å². The van der Waals surface area contributed by atoms with Crippen molar-refractivity contribution in [3.05, 3.63) is 64.7 Å². The molecular weight excluding hydrogens is 614 g/mol. The van der Waals surface area contributed by atoms with Gasteiger partial charge in [-0.05, 0) is 45.8 Å². The molecule has 0 aliphatic heterocycles. The summed E-state index contributed by atoms with van der Waals surface area (Å²) in [5.74, 6) is -1.19. The van der Waals surface area contributed by atoms with Crippen LogP contribution in [0.4, 0.5) is 48.5 Å². The van der Waals surface area contributed by atoms with E-state index in [4.69, 9.17) is 5.73 Å². The van der Waals surface area contributed by atoms with Gasteiger partial charge in [-0.25, -0.2) is 19.3 Å². The molecule has 17 heteroatoms. The molecule has 0 saturated carbocycles. The summed E-state index contributed by atoms with van der Waals surface area (Å²) >= 11 is 3.32. The van der Waals surface area contributed by atoms with Crippen LogP contribution in [-0.2, 0) is 17.4 Å². The van der Waals surface area contributed by atoms with Crippen LogP contribution in [0.5, 0.6) is 0 Å². The van der Waals surface area contributed by atoms with E-state index < -0.39 is 42.8 Å². The quantitative estimate of drug-likeness (QED) is 0.221. The lowest BCUT2D eigenvalue weighted by Gasteiger charge is -2.11. The number of anilines is 3. The molecule has 0 fully saturated rings. The van der Waals surface area contributed by atoms with Gasteiger partial charge >= 0.3 is 18.4 Å². The molecule has 0 aliphatic rings. The first-order valence-corrected chi connectivity index (χ1v) is 11.9. The van der Waals surface area contributed by atoms with Crippen LogP contribution in [-0.4, -0.2) is 44.2 Å². The maximum atomic E-state index is 12.9. The molecule has 1 aromatic carbocycles. The highest BCUT2D eigenvalue weighted by Gasteiger charge is 2.31. The van der Waals surface area contributed by atoms with E-state index in [-0.39, 0.29) is 33.0 Å². The Morgan fingerprint density at radius 2 is 1.70 bits per heavy atom. The Kier molecular flexibility index (Phi) is 7.86. The SMILES string of the molecule is Nc1ncnn2c(Br)c(CC(=O)NCC(F)(F)F)c(-c3ccc(NC(=O)Nc4cc(C(F)(F)F)ccn4)cc3)c12. The molecule has 3 amide bonds. The third-order valence-electron chi connectivity index (χ3n) is 5.38. The minimum atomic E-state index is -4.61. The van der Waals surface area contributed by atoms with E-state index in [1.807, 2.05) is 5.32 Å². The zero-order valence-corrected chi connectivity index (χ0v) is 21.4. The average Bonchev–Trinajstić information content (AvgIpc) is 3.15. The Morgan fingerprint density at radius 1 is 1.00 bits per heavy atom. The highest BCUT2D eigenvalue weighted by Crippen LogP contribution is 2.38. The standard InChI is InChI=1S/C23H17BrF6N8O2/c24-19-14(8-16(39)33-9-22(25,26)27)17(18-20(31)34-10-35-38(18)19)11-1-3-13(4-2-11)36-21(40)37-15-7-12(5-6-32-15)23(28,29)30/h1-7,10H,8-9H2,(H,33,39)(H2,31,34,35)(H2,32,36,37,40). The van der Waals surface area contributed by atoms with E-state index in [1.165, 1.54) is 28.8 Å². The molecule has 0 spiro atoms. The first-order valence-electron chi connectivity index (χ1n) is 11.1. The smallest absolute Gasteiger partial charge is 0.382 e. The van der Waals surface area contributed by atoms with Crippen molar-refractivity contribution in [1.82, 2.24) is 24.9 Å². The second-order valence-corrected chi connectivity index (χ2v) is 8.95. The third kappa shape index (κ3) is 6.59. The highest BCUT2D eigenvalue weighted by atomic mass is 79.9. The van der Waals surface area contributed by atoms with Crippen LogP contribution in [0.15, 0.2) is 53.5 Å². The van der Waals surface area contributed by atoms with Crippen LogP contribution in [0.3, 0.4) is 0 Å². The number of pyridine rings is 1. The fraction of sp³-hybridized carbons (Fsp3) is 0.174. The number of fused-ring (bicyclic) bond motifs is 1. The topological polar surface area (TPSA) is 139 Å². The maximum absolute atomic E-state index is 12.9. The van der Waals surface area contributed by atoms with Crippen molar-refractivity contribution >= 4 is 50.7 Å². The molecule has 3 aromatic heterocycles. The summed E-state index contributed by atoms with van der Waals surface area (Å²) in [5.41, 5.74) is 6.67. The summed E-state index contributed by atoms with van der Waals surface area (Å²) < 4.78 is 78.0. The van der Waals surface area contributed by atoms with Gasteiger partial charge in [0, 0.05) is 23.0 Å². The van der Waals surface area contributed by atoms with Gasteiger partial charge in [0.2, 0.25) is 5.91 Å². The first kappa shape index (κ1) is 28.6. The lowest BCUT2D eigenvalue weighted by atomic mass is 10.00. The van der Waals surface area contributed by atoms with Crippen molar-refractivity contribution in [1.29, 1.82) is 0 Å². The number of urea groups is 1. The number of halogens is 7. The lowest BCUT2D eigenvalue weighted by molar-refractivity contribution is -0.138. The zero-order valence-electron chi connectivity index (χ0n) is 19.9. The largest absolute Gasteiger partial charge is 0.416 e. The van der Waals surface area contributed by atoms with E-state index in [0.717, 1.165) is 18.6 Å². The summed E-state index contributed by atoms with van der Waals surface area (Å²) in [6, 6.07) is 6.55.